The SMILES string of the molecule is COc1c(C)cnc(CN=C(N)Nc2cc(C)cc(C)c2)c1C. The number of hydrogen-bond donors (Lipinski definition) is 2. The molecule has 5 heteroatoms. The van der Waals surface area contributed by atoms with E-state index in [1.807, 2.05) is 26.0 Å². The van der Waals surface area contributed by atoms with Gasteiger partial charge in [-0.25, -0.2) is 4.99 Å². The van der Waals surface area contributed by atoms with Gasteiger partial charge in [-0.3, -0.25) is 4.98 Å². The highest BCUT2D eigenvalue weighted by atomic mass is 16.5. The van der Waals surface area contributed by atoms with E-state index < -0.39 is 0 Å². The third-order valence-corrected chi connectivity index (χ3v) is 3.64. The number of aliphatic imine (C=N–C) groups is 1. The zero-order chi connectivity index (χ0) is 17.0. The lowest BCUT2D eigenvalue weighted by Crippen LogP contribution is -2.22. The second kappa shape index (κ2) is 7.13. The van der Waals surface area contributed by atoms with Crippen molar-refractivity contribution in [2.45, 2.75) is 34.2 Å². The lowest BCUT2D eigenvalue weighted by atomic mass is 10.1. The Morgan fingerprint density at radius 2 is 1.83 bits per heavy atom. The van der Waals surface area contributed by atoms with E-state index in [2.05, 4.69) is 35.2 Å². The van der Waals surface area contributed by atoms with Gasteiger partial charge < -0.3 is 15.8 Å². The first-order chi connectivity index (χ1) is 10.9. The van der Waals surface area contributed by atoms with Gasteiger partial charge in [-0.1, -0.05) is 6.07 Å². The quantitative estimate of drug-likeness (QED) is 0.671. The zero-order valence-corrected chi connectivity index (χ0v) is 14.4. The molecule has 0 aliphatic carbocycles. The van der Waals surface area contributed by atoms with Crippen LogP contribution in [0.25, 0.3) is 0 Å². The minimum absolute atomic E-state index is 0.371. The van der Waals surface area contributed by atoms with Crippen LogP contribution in [0.3, 0.4) is 0 Å². The molecule has 3 N–H and O–H groups in total. The van der Waals surface area contributed by atoms with Crippen LogP contribution in [0.5, 0.6) is 5.75 Å². The van der Waals surface area contributed by atoms with Crippen molar-refractivity contribution in [3.63, 3.8) is 0 Å². The summed E-state index contributed by atoms with van der Waals surface area (Å²) in [5.41, 5.74) is 12.2. The normalized spacial score (nSPS) is 11.4. The standard InChI is InChI=1S/C18H24N4O/c1-11-6-12(2)8-15(7-11)22-18(19)21-10-16-14(4)17(23-5)13(3)9-20-16/h6-9H,10H2,1-5H3,(H3,19,21,22). The third-order valence-electron chi connectivity index (χ3n) is 3.64. The van der Waals surface area contributed by atoms with Crippen LogP contribution in [0.1, 0.15) is 27.9 Å². The fraction of sp³-hybridized carbons (Fsp3) is 0.333. The van der Waals surface area contributed by atoms with Crippen LogP contribution >= 0.6 is 0 Å². The molecule has 0 saturated carbocycles. The van der Waals surface area contributed by atoms with Crippen molar-refractivity contribution < 1.29 is 4.74 Å². The molecule has 0 atom stereocenters. The molecule has 23 heavy (non-hydrogen) atoms. The Kier molecular flexibility index (Phi) is 5.21. The number of guanidine groups is 1. The number of nitrogens with one attached hydrogen (secondary N) is 1. The van der Waals surface area contributed by atoms with Gasteiger partial charge in [0.1, 0.15) is 5.75 Å². The molecule has 1 heterocycles. The molecule has 2 rings (SSSR count). The van der Waals surface area contributed by atoms with E-state index >= 15 is 0 Å². The molecule has 0 unspecified atom stereocenters. The zero-order valence-electron chi connectivity index (χ0n) is 14.4. The number of benzene rings is 1. The van der Waals surface area contributed by atoms with E-state index in [0.717, 1.165) is 28.3 Å². The number of methoxy groups -OCH3 is 1. The number of ether oxygens (including phenoxy) is 1. The first-order valence-electron chi connectivity index (χ1n) is 7.55. The minimum Gasteiger partial charge on any atom is -0.496 e. The van der Waals surface area contributed by atoms with Gasteiger partial charge in [-0.15, -0.1) is 0 Å². The Labute approximate surface area is 137 Å². The molecule has 0 aliphatic heterocycles. The number of aromatic nitrogens is 1. The molecule has 2 aromatic rings. The van der Waals surface area contributed by atoms with Crippen molar-refractivity contribution in [3.05, 3.63) is 52.3 Å². The fourth-order valence-electron chi connectivity index (χ4n) is 2.62. The number of anilines is 1. The van der Waals surface area contributed by atoms with E-state index in [1.165, 1.54) is 11.1 Å². The molecule has 0 amide bonds. The molecule has 0 radical (unpaired) electrons. The Morgan fingerprint density at radius 1 is 1.17 bits per heavy atom. The van der Waals surface area contributed by atoms with Crippen LogP contribution < -0.4 is 15.8 Å². The van der Waals surface area contributed by atoms with Crippen molar-refractivity contribution in [2.75, 3.05) is 12.4 Å². The van der Waals surface area contributed by atoms with Crippen molar-refractivity contribution in [3.8, 4) is 5.75 Å². The van der Waals surface area contributed by atoms with Gasteiger partial charge in [0, 0.05) is 23.0 Å². The fourth-order valence-corrected chi connectivity index (χ4v) is 2.62. The molecule has 0 fully saturated rings. The van der Waals surface area contributed by atoms with E-state index in [-0.39, 0.29) is 0 Å². The first-order valence-corrected chi connectivity index (χ1v) is 7.55. The lowest BCUT2D eigenvalue weighted by molar-refractivity contribution is 0.407. The van der Waals surface area contributed by atoms with Crippen LogP contribution in [0.15, 0.2) is 29.4 Å². The largest absolute Gasteiger partial charge is 0.496 e. The highest BCUT2D eigenvalue weighted by Gasteiger charge is 2.09. The number of hydrogen-bond acceptors (Lipinski definition) is 3. The molecule has 1 aromatic carbocycles. The first kappa shape index (κ1) is 16.8. The Morgan fingerprint density at radius 3 is 2.43 bits per heavy atom. The molecule has 122 valence electrons. The Hall–Kier alpha value is -2.56. The van der Waals surface area contributed by atoms with Gasteiger partial charge in [0.2, 0.25) is 0 Å². The smallest absolute Gasteiger partial charge is 0.193 e. The summed E-state index contributed by atoms with van der Waals surface area (Å²) in [6.45, 7) is 8.47. The van der Waals surface area contributed by atoms with E-state index in [9.17, 15) is 0 Å². The van der Waals surface area contributed by atoms with Crippen LogP contribution in [0, 0.1) is 27.7 Å². The third kappa shape index (κ3) is 4.22. The highest BCUT2D eigenvalue weighted by Crippen LogP contribution is 2.24. The number of nitrogens with zero attached hydrogens (tertiary/aromatic N) is 2. The minimum atomic E-state index is 0.371. The molecule has 0 spiro atoms. The van der Waals surface area contributed by atoms with Crippen molar-refractivity contribution in [1.82, 2.24) is 4.98 Å². The van der Waals surface area contributed by atoms with Crippen LogP contribution in [0.2, 0.25) is 0 Å². The average molecular weight is 312 g/mol. The summed E-state index contributed by atoms with van der Waals surface area (Å²) >= 11 is 0. The monoisotopic (exact) mass is 312 g/mol. The van der Waals surface area contributed by atoms with Crippen LogP contribution in [0.4, 0.5) is 5.69 Å². The van der Waals surface area contributed by atoms with Gasteiger partial charge in [-0.05, 0) is 51.0 Å². The molecule has 5 nitrogen and oxygen atoms in total. The molecule has 0 bridgehead atoms. The summed E-state index contributed by atoms with van der Waals surface area (Å²) in [7, 11) is 1.67. The molecule has 0 saturated heterocycles. The van der Waals surface area contributed by atoms with Crippen LogP contribution in [-0.2, 0) is 6.54 Å². The van der Waals surface area contributed by atoms with Gasteiger partial charge in [-0.2, -0.15) is 0 Å². The summed E-state index contributed by atoms with van der Waals surface area (Å²) in [6, 6.07) is 6.19. The summed E-state index contributed by atoms with van der Waals surface area (Å²) in [5.74, 6) is 1.22. The number of aryl methyl sites for hydroxylation is 3. The highest BCUT2D eigenvalue weighted by molar-refractivity contribution is 5.92. The summed E-state index contributed by atoms with van der Waals surface area (Å²) in [4.78, 5) is 8.80. The van der Waals surface area contributed by atoms with Crippen molar-refractivity contribution in [1.29, 1.82) is 0 Å². The number of rotatable bonds is 4. The summed E-state index contributed by atoms with van der Waals surface area (Å²) in [5, 5.41) is 3.12. The summed E-state index contributed by atoms with van der Waals surface area (Å²) in [6.07, 6.45) is 1.80. The van der Waals surface area contributed by atoms with Crippen LogP contribution in [-0.4, -0.2) is 18.1 Å². The maximum absolute atomic E-state index is 5.98. The summed E-state index contributed by atoms with van der Waals surface area (Å²) < 4.78 is 5.41. The molecule has 1 aromatic heterocycles. The number of pyridine rings is 1. The van der Waals surface area contributed by atoms with Gasteiger partial charge >= 0.3 is 0 Å². The van der Waals surface area contributed by atoms with E-state index in [1.54, 1.807) is 13.3 Å². The average Bonchev–Trinajstić information content (AvgIpc) is 2.45. The van der Waals surface area contributed by atoms with Gasteiger partial charge in [0.05, 0.1) is 19.3 Å². The maximum Gasteiger partial charge on any atom is 0.193 e. The van der Waals surface area contributed by atoms with E-state index in [4.69, 9.17) is 10.5 Å². The lowest BCUT2D eigenvalue weighted by Gasteiger charge is -2.11. The Balaban J connectivity index is 2.13. The number of nitrogens with two attached hydrogens (primary N) is 1. The van der Waals surface area contributed by atoms with Crippen molar-refractivity contribution in [2.24, 2.45) is 10.7 Å². The maximum atomic E-state index is 5.98. The second-order valence-corrected chi connectivity index (χ2v) is 5.75. The molecular weight excluding hydrogens is 288 g/mol. The molecular formula is C18H24N4O. The Bertz CT molecular complexity index is 718. The topological polar surface area (TPSA) is 72.5 Å². The van der Waals surface area contributed by atoms with Crippen molar-refractivity contribution >= 4 is 11.6 Å². The predicted octanol–water partition coefficient (Wildman–Crippen LogP) is 3.25. The molecule has 0 aliphatic rings. The van der Waals surface area contributed by atoms with Gasteiger partial charge in [0.25, 0.3) is 0 Å². The van der Waals surface area contributed by atoms with E-state index in [0.29, 0.717) is 12.5 Å². The predicted molar refractivity (Wildman–Crippen MR) is 95.1 cm³/mol. The van der Waals surface area contributed by atoms with Gasteiger partial charge in [0.15, 0.2) is 5.96 Å². The second-order valence-electron chi connectivity index (χ2n) is 5.75.